The lowest BCUT2D eigenvalue weighted by molar-refractivity contribution is -0.0733. The lowest BCUT2D eigenvalue weighted by atomic mass is 10.1. The molecule has 1 aromatic carbocycles. The van der Waals surface area contributed by atoms with Crippen molar-refractivity contribution in [1.29, 1.82) is 0 Å². The highest BCUT2D eigenvalue weighted by molar-refractivity contribution is 5.34. The van der Waals surface area contributed by atoms with E-state index in [9.17, 15) is 0 Å². The quantitative estimate of drug-likeness (QED) is 0.722. The van der Waals surface area contributed by atoms with Crippen molar-refractivity contribution in [3.8, 4) is 5.75 Å². The molecule has 0 bridgehead atoms. The van der Waals surface area contributed by atoms with Crippen LogP contribution in [-0.4, -0.2) is 24.4 Å². The summed E-state index contributed by atoms with van der Waals surface area (Å²) in [6, 6.07) is 5.83. The third-order valence-electron chi connectivity index (χ3n) is 1.96. The van der Waals surface area contributed by atoms with Crippen LogP contribution in [0.15, 0.2) is 18.2 Å². The van der Waals surface area contributed by atoms with Crippen LogP contribution in [0.2, 0.25) is 0 Å². The summed E-state index contributed by atoms with van der Waals surface area (Å²) in [5, 5.41) is 10.2. The smallest absolute Gasteiger partial charge is 0.119 e. The highest BCUT2D eigenvalue weighted by Crippen LogP contribution is 2.17. The van der Waals surface area contributed by atoms with Gasteiger partial charge in [0.05, 0.1) is 7.11 Å². The minimum absolute atomic E-state index is 0.517. The van der Waals surface area contributed by atoms with Crippen LogP contribution in [0.3, 0.4) is 0 Å². The molecule has 0 saturated heterocycles. The summed E-state index contributed by atoms with van der Waals surface area (Å²) >= 11 is 0. The van der Waals surface area contributed by atoms with E-state index in [0.717, 1.165) is 21.9 Å². The molecule has 0 fully saturated rings. The van der Waals surface area contributed by atoms with Gasteiger partial charge in [-0.3, -0.25) is 0 Å². The Morgan fingerprint density at radius 2 is 2.15 bits per heavy atom. The van der Waals surface area contributed by atoms with E-state index in [1.165, 1.54) is 0 Å². The van der Waals surface area contributed by atoms with Gasteiger partial charge in [0, 0.05) is 13.6 Å². The lowest BCUT2D eigenvalue weighted by Crippen LogP contribution is -2.12. The first-order valence-electron chi connectivity index (χ1n) is 4.17. The van der Waals surface area contributed by atoms with E-state index in [-0.39, 0.29) is 0 Å². The fraction of sp³-hybridized carbons (Fsp3) is 0.400. The molecule has 0 atom stereocenters. The number of methoxy groups -OCH3 is 1. The Bertz CT molecular complexity index is 284. The zero-order valence-corrected chi connectivity index (χ0v) is 8.24. The van der Waals surface area contributed by atoms with Crippen LogP contribution in [0.4, 0.5) is 0 Å². The zero-order valence-electron chi connectivity index (χ0n) is 8.24. The highest BCUT2D eigenvalue weighted by Gasteiger charge is 2.02. The molecule has 0 aromatic heterocycles. The van der Waals surface area contributed by atoms with Gasteiger partial charge in [0.1, 0.15) is 5.75 Å². The molecule has 0 unspecified atom stereocenters. The van der Waals surface area contributed by atoms with Gasteiger partial charge in [-0.25, -0.2) is 0 Å². The van der Waals surface area contributed by atoms with Crippen LogP contribution >= 0.6 is 0 Å². The van der Waals surface area contributed by atoms with Crippen LogP contribution < -0.4 is 4.74 Å². The summed E-state index contributed by atoms with van der Waals surface area (Å²) in [5.41, 5.74) is 2.23. The molecular weight excluding hydrogens is 166 g/mol. The molecule has 72 valence electrons. The summed E-state index contributed by atoms with van der Waals surface area (Å²) in [5.74, 6) is 0.822. The molecule has 0 spiro atoms. The number of nitrogens with zero attached hydrogens (tertiary/aromatic N) is 1. The van der Waals surface area contributed by atoms with Gasteiger partial charge in [0.25, 0.3) is 0 Å². The topological polar surface area (TPSA) is 32.7 Å². The van der Waals surface area contributed by atoms with E-state index in [1.54, 1.807) is 14.2 Å². The molecule has 0 aliphatic heterocycles. The molecule has 0 aliphatic carbocycles. The SMILES string of the molecule is COc1ccc(C)c(CN(C)O)c1. The summed E-state index contributed by atoms with van der Waals surface area (Å²) in [6.07, 6.45) is 0. The van der Waals surface area contributed by atoms with Gasteiger partial charge >= 0.3 is 0 Å². The van der Waals surface area contributed by atoms with Gasteiger partial charge in [0.15, 0.2) is 0 Å². The van der Waals surface area contributed by atoms with Crippen LogP contribution in [0.1, 0.15) is 11.1 Å². The Balaban J connectivity index is 2.90. The lowest BCUT2D eigenvalue weighted by Gasteiger charge is -2.11. The van der Waals surface area contributed by atoms with E-state index in [2.05, 4.69) is 0 Å². The van der Waals surface area contributed by atoms with Crippen LogP contribution in [-0.2, 0) is 6.54 Å². The third kappa shape index (κ3) is 2.72. The Hall–Kier alpha value is -1.06. The van der Waals surface area contributed by atoms with E-state index < -0.39 is 0 Å². The first-order valence-corrected chi connectivity index (χ1v) is 4.17. The minimum atomic E-state index is 0.517. The number of aryl methyl sites for hydroxylation is 1. The number of rotatable bonds is 3. The zero-order chi connectivity index (χ0) is 9.84. The molecule has 0 aliphatic rings. The molecule has 3 nitrogen and oxygen atoms in total. The first kappa shape index (κ1) is 10.0. The molecule has 0 heterocycles. The molecule has 0 amide bonds. The molecule has 3 heteroatoms. The molecule has 1 aromatic rings. The predicted octanol–water partition coefficient (Wildman–Crippen LogP) is 1.82. The summed E-state index contributed by atoms with van der Waals surface area (Å²) < 4.78 is 5.09. The maximum atomic E-state index is 9.09. The second-order valence-corrected chi connectivity index (χ2v) is 3.11. The Labute approximate surface area is 78.5 Å². The van der Waals surface area contributed by atoms with E-state index in [1.807, 2.05) is 25.1 Å². The summed E-state index contributed by atoms with van der Waals surface area (Å²) in [7, 11) is 3.26. The van der Waals surface area contributed by atoms with Crippen molar-refractivity contribution in [1.82, 2.24) is 5.06 Å². The van der Waals surface area contributed by atoms with Crippen LogP contribution in [0.5, 0.6) is 5.75 Å². The molecule has 1 rings (SSSR count). The molecule has 1 N–H and O–H groups in total. The number of hydroxylamine groups is 2. The average Bonchev–Trinajstić information content (AvgIpc) is 2.08. The van der Waals surface area contributed by atoms with Crippen molar-refractivity contribution in [3.05, 3.63) is 29.3 Å². The normalized spacial score (nSPS) is 10.5. The predicted molar refractivity (Wildman–Crippen MR) is 51.0 cm³/mol. The third-order valence-corrected chi connectivity index (χ3v) is 1.96. The van der Waals surface area contributed by atoms with Crippen LogP contribution in [0, 0.1) is 6.92 Å². The Morgan fingerprint density at radius 1 is 1.46 bits per heavy atom. The molecular formula is C10H15NO2. The number of ether oxygens (including phenoxy) is 1. The molecule has 13 heavy (non-hydrogen) atoms. The fourth-order valence-electron chi connectivity index (χ4n) is 1.19. The summed E-state index contributed by atoms with van der Waals surface area (Å²) in [6.45, 7) is 2.53. The fourth-order valence-corrected chi connectivity index (χ4v) is 1.19. The van der Waals surface area contributed by atoms with E-state index >= 15 is 0 Å². The van der Waals surface area contributed by atoms with Crippen molar-refractivity contribution in [2.45, 2.75) is 13.5 Å². The highest BCUT2D eigenvalue weighted by atomic mass is 16.5. The van der Waals surface area contributed by atoms with Gasteiger partial charge in [-0.05, 0) is 30.2 Å². The van der Waals surface area contributed by atoms with Gasteiger partial charge in [-0.1, -0.05) is 6.07 Å². The molecule has 0 saturated carbocycles. The van der Waals surface area contributed by atoms with Gasteiger partial charge in [-0.2, -0.15) is 5.06 Å². The second-order valence-electron chi connectivity index (χ2n) is 3.11. The average molecular weight is 181 g/mol. The van der Waals surface area contributed by atoms with Gasteiger partial charge in [0.2, 0.25) is 0 Å². The maximum absolute atomic E-state index is 9.09. The second kappa shape index (κ2) is 4.25. The van der Waals surface area contributed by atoms with Gasteiger partial charge < -0.3 is 9.94 Å². The number of hydrogen-bond donors (Lipinski definition) is 1. The van der Waals surface area contributed by atoms with Crippen molar-refractivity contribution in [3.63, 3.8) is 0 Å². The Morgan fingerprint density at radius 3 is 2.69 bits per heavy atom. The number of benzene rings is 1. The van der Waals surface area contributed by atoms with Gasteiger partial charge in [-0.15, -0.1) is 0 Å². The number of hydrogen-bond acceptors (Lipinski definition) is 3. The van der Waals surface area contributed by atoms with Crippen molar-refractivity contribution >= 4 is 0 Å². The summed E-state index contributed by atoms with van der Waals surface area (Å²) in [4.78, 5) is 0. The van der Waals surface area contributed by atoms with E-state index in [0.29, 0.717) is 6.54 Å². The monoisotopic (exact) mass is 181 g/mol. The van der Waals surface area contributed by atoms with Crippen molar-refractivity contribution < 1.29 is 9.94 Å². The maximum Gasteiger partial charge on any atom is 0.119 e. The van der Waals surface area contributed by atoms with E-state index in [4.69, 9.17) is 9.94 Å². The molecule has 0 radical (unpaired) electrons. The minimum Gasteiger partial charge on any atom is -0.497 e. The first-order chi connectivity index (χ1) is 6.13. The Kier molecular flexibility index (Phi) is 3.28. The van der Waals surface area contributed by atoms with Crippen molar-refractivity contribution in [2.24, 2.45) is 0 Å². The largest absolute Gasteiger partial charge is 0.497 e. The van der Waals surface area contributed by atoms with Crippen molar-refractivity contribution in [2.75, 3.05) is 14.2 Å². The van der Waals surface area contributed by atoms with Crippen LogP contribution in [0.25, 0.3) is 0 Å². The standard InChI is InChI=1S/C10H15NO2/c1-8-4-5-10(13-3)6-9(8)7-11(2)12/h4-6,12H,7H2,1-3H3.